The topological polar surface area (TPSA) is 104 Å². The van der Waals surface area contributed by atoms with Crippen LogP contribution in [0.5, 0.6) is 0 Å². The molecule has 0 heterocycles. The fraction of sp³-hybridized carbons (Fsp3) is 0.273. The van der Waals surface area contributed by atoms with Gasteiger partial charge in [-0.25, -0.2) is 5.06 Å². The number of rotatable bonds is 4. The minimum Gasteiger partial charge on any atom is -0.382 e. The van der Waals surface area contributed by atoms with Crippen LogP contribution in [0.25, 0.3) is 0 Å². The first-order valence-corrected chi connectivity index (χ1v) is 4.94. The van der Waals surface area contributed by atoms with Gasteiger partial charge in [-0.3, -0.25) is 14.8 Å². The lowest BCUT2D eigenvalue weighted by molar-refractivity contribution is -0.170. The van der Waals surface area contributed by atoms with Gasteiger partial charge in [0.15, 0.2) is 6.10 Å². The molecule has 0 aliphatic rings. The molecule has 17 heavy (non-hydrogen) atoms. The second-order valence-corrected chi connectivity index (χ2v) is 3.60. The Morgan fingerprint density at radius 2 is 1.82 bits per heavy atom. The van der Waals surface area contributed by atoms with E-state index in [4.69, 9.17) is 10.9 Å². The summed E-state index contributed by atoms with van der Waals surface area (Å²) >= 11 is 0. The molecule has 2 unspecified atom stereocenters. The third-order valence-electron chi connectivity index (χ3n) is 2.35. The van der Waals surface area contributed by atoms with E-state index in [2.05, 4.69) is 0 Å². The van der Waals surface area contributed by atoms with Gasteiger partial charge in [-0.15, -0.1) is 0 Å². The molecule has 1 aromatic carbocycles. The van der Waals surface area contributed by atoms with Crippen LogP contribution in [0.2, 0.25) is 0 Å². The molecule has 92 valence electrons. The number of amides is 2. The number of aliphatic hydroxyl groups is 1. The highest BCUT2D eigenvalue weighted by atomic mass is 16.5. The van der Waals surface area contributed by atoms with Crippen LogP contribution in [0.1, 0.15) is 11.5 Å². The first-order valence-electron chi connectivity index (χ1n) is 4.94. The van der Waals surface area contributed by atoms with E-state index in [1.54, 1.807) is 30.3 Å². The zero-order valence-electron chi connectivity index (χ0n) is 9.28. The number of likely N-dealkylation sites (N-methyl/N-ethyl adjacent to an activating group) is 1. The molecular weight excluding hydrogens is 224 g/mol. The van der Waals surface area contributed by atoms with E-state index in [0.29, 0.717) is 5.56 Å². The average molecular weight is 238 g/mol. The summed E-state index contributed by atoms with van der Waals surface area (Å²) in [6.45, 7) is 0. The predicted octanol–water partition coefficient (Wildman–Crippen LogP) is -0.536. The van der Waals surface area contributed by atoms with E-state index in [1.165, 1.54) is 0 Å². The van der Waals surface area contributed by atoms with Crippen molar-refractivity contribution in [2.75, 3.05) is 7.05 Å². The van der Waals surface area contributed by atoms with Gasteiger partial charge in [0.1, 0.15) is 0 Å². The van der Waals surface area contributed by atoms with Gasteiger partial charge in [-0.05, 0) is 5.56 Å². The zero-order valence-corrected chi connectivity index (χ0v) is 9.28. The molecule has 0 fully saturated rings. The van der Waals surface area contributed by atoms with Crippen molar-refractivity contribution >= 4 is 11.8 Å². The lowest BCUT2D eigenvalue weighted by Gasteiger charge is -2.21. The summed E-state index contributed by atoms with van der Waals surface area (Å²) in [6.07, 6.45) is -1.70. The van der Waals surface area contributed by atoms with Crippen molar-refractivity contribution in [3.8, 4) is 0 Å². The molecule has 0 saturated carbocycles. The highest BCUT2D eigenvalue weighted by molar-refractivity contribution is 5.91. The van der Waals surface area contributed by atoms with Crippen molar-refractivity contribution in [2.24, 2.45) is 5.73 Å². The average Bonchev–Trinajstić information content (AvgIpc) is 2.28. The Hall–Kier alpha value is -1.92. The molecule has 4 N–H and O–H groups in total. The molecular formula is C11H14N2O4. The van der Waals surface area contributed by atoms with E-state index < -0.39 is 23.8 Å². The number of nitrogens with zero attached hydrogens (tertiary/aromatic N) is 1. The molecule has 0 saturated heterocycles. The molecule has 0 aliphatic carbocycles. The number of hydrogen-bond acceptors (Lipinski definition) is 4. The van der Waals surface area contributed by atoms with Crippen LogP contribution in [0, 0.1) is 0 Å². The van der Waals surface area contributed by atoms with E-state index in [1.807, 2.05) is 0 Å². The molecule has 1 rings (SSSR count). The van der Waals surface area contributed by atoms with Gasteiger partial charge < -0.3 is 10.8 Å². The minimum absolute atomic E-state index is 0.226. The Bertz CT molecular complexity index is 405. The summed E-state index contributed by atoms with van der Waals surface area (Å²) < 4.78 is 0. The lowest BCUT2D eigenvalue weighted by Crippen LogP contribution is -2.42. The number of carbonyl (C=O) groups excluding carboxylic acids is 2. The molecule has 1 aromatic rings. The van der Waals surface area contributed by atoms with E-state index in [9.17, 15) is 14.7 Å². The van der Waals surface area contributed by atoms with Crippen LogP contribution < -0.4 is 5.73 Å². The molecule has 0 spiro atoms. The Kier molecular flexibility index (Phi) is 4.19. The van der Waals surface area contributed by atoms with E-state index in [-0.39, 0.29) is 5.06 Å². The van der Waals surface area contributed by atoms with Crippen LogP contribution in [-0.4, -0.2) is 40.3 Å². The normalized spacial score (nSPS) is 13.8. The minimum atomic E-state index is -1.70. The quantitative estimate of drug-likeness (QED) is 0.484. The van der Waals surface area contributed by atoms with Gasteiger partial charge in [-0.1, -0.05) is 30.3 Å². The highest BCUT2D eigenvalue weighted by Gasteiger charge is 2.33. The molecule has 2 amide bonds. The number of hydroxylamine groups is 2. The summed E-state index contributed by atoms with van der Waals surface area (Å²) in [5.74, 6) is -3.00. The fourth-order valence-electron chi connectivity index (χ4n) is 1.50. The molecule has 0 aliphatic heterocycles. The van der Waals surface area contributed by atoms with Gasteiger partial charge >= 0.3 is 0 Å². The second-order valence-electron chi connectivity index (χ2n) is 3.60. The Morgan fingerprint density at radius 3 is 2.24 bits per heavy atom. The van der Waals surface area contributed by atoms with Gasteiger partial charge in [-0.2, -0.15) is 0 Å². The SMILES string of the molecule is CN(O)C(=O)C(O)C(C(N)=O)c1ccccc1. The van der Waals surface area contributed by atoms with Crippen molar-refractivity contribution in [3.05, 3.63) is 35.9 Å². The number of benzene rings is 1. The van der Waals surface area contributed by atoms with Gasteiger partial charge in [0.2, 0.25) is 5.91 Å². The molecule has 0 aromatic heterocycles. The number of aliphatic hydroxyl groups excluding tert-OH is 1. The third-order valence-corrected chi connectivity index (χ3v) is 2.35. The van der Waals surface area contributed by atoms with Crippen LogP contribution in [-0.2, 0) is 9.59 Å². The lowest BCUT2D eigenvalue weighted by atomic mass is 9.92. The van der Waals surface area contributed by atoms with Gasteiger partial charge in [0, 0.05) is 7.05 Å². The summed E-state index contributed by atoms with van der Waals surface area (Å²) in [5.41, 5.74) is 5.58. The molecule has 0 radical (unpaired) electrons. The third kappa shape index (κ3) is 3.02. The van der Waals surface area contributed by atoms with Crippen LogP contribution in [0.15, 0.2) is 30.3 Å². The molecule has 6 nitrogen and oxygen atoms in total. The monoisotopic (exact) mass is 238 g/mol. The maximum Gasteiger partial charge on any atom is 0.275 e. The van der Waals surface area contributed by atoms with Crippen LogP contribution >= 0.6 is 0 Å². The molecule has 0 bridgehead atoms. The van der Waals surface area contributed by atoms with Crippen molar-refractivity contribution in [1.82, 2.24) is 5.06 Å². The van der Waals surface area contributed by atoms with E-state index in [0.717, 1.165) is 7.05 Å². The highest BCUT2D eigenvalue weighted by Crippen LogP contribution is 2.20. The molecule has 2 atom stereocenters. The van der Waals surface area contributed by atoms with Crippen LogP contribution in [0.4, 0.5) is 0 Å². The van der Waals surface area contributed by atoms with Crippen molar-refractivity contribution < 1.29 is 19.9 Å². The summed E-state index contributed by atoms with van der Waals surface area (Å²) in [4.78, 5) is 22.7. The number of primary amides is 1. The first kappa shape index (κ1) is 13.1. The summed E-state index contributed by atoms with van der Waals surface area (Å²) in [7, 11) is 1.06. The predicted molar refractivity (Wildman–Crippen MR) is 58.9 cm³/mol. The largest absolute Gasteiger partial charge is 0.382 e. The van der Waals surface area contributed by atoms with E-state index >= 15 is 0 Å². The fourth-order valence-corrected chi connectivity index (χ4v) is 1.50. The second kappa shape index (κ2) is 5.42. The van der Waals surface area contributed by atoms with Crippen molar-refractivity contribution in [2.45, 2.75) is 12.0 Å². The number of carbonyl (C=O) groups is 2. The smallest absolute Gasteiger partial charge is 0.275 e. The summed E-state index contributed by atoms with van der Waals surface area (Å²) in [5, 5.41) is 18.9. The van der Waals surface area contributed by atoms with Gasteiger partial charge in [0.05, 0.1) is 5.92 Å². The zero-order chi connectivity index (χ0) is 13.0. The van der Waals surface area contributed by atoms with Gasteiger partial charge in [0.25, 0.3) is 5.91 Å². The Balaban J connectivity index is 3.03. The number of hydrogen-bond donors (Lipinski definition) is 3. The standard InChI is InChI=1S/C11H14N2O4/c1-13(17)11(16)9(14)8(10(12)15)7-5-3-2-4-6-7/h2-6,8-9,14,17H,1H3,(H2,12,15). The summed E-state index contributed by atoms with van der Waals surface area (Å²) in [6, 6.07) is 8.19. The molecule has 6 heteroatoms. The maximum absolute atomic E-state index is 11.4. The maximum atomic E-state index is 11.4. The Labute approximate surface area is 98.2 Å². The number of nitrogens with two attached hydrogens (primary N) is 1. The Morgan fingerprint density at radius 1 is 1.29 bits per heavy atom. The van der Waals surface area contributed by atoms with Crippen molar-refractivity contribution in [1.29, 1.82) is 0 Å². The van der Waals surface area contributed by atoms with Crippen molar-refractivity contribution in [3.63, 3.8) is 0 Å². The van der Waals surface area contributed by atoms with Crippen LogP contribution in [0.3, 0.4) is 0 Å². The first-order chi connectivity index (χ1) is 7.95.